The molecule has 4 saturated carbocycles. The van der Waals surface area contributed by atoms with Gasteiger partial charge in [0.25, 0.3) is 0 Å². The zero-order chi connectivity index (χ0) is 25.0. The maximum absolute atomic E-state index is 13.6. The summed E-state index contributed by atoms with van der Waals surface area (Å²) in [5.41, 5.74) is 8.29. The van der Waals surface area contributed by atoms with Crippen LogP contribution in [0.2, 0.25) is 0 Å². The van der Waals surface area contributed by atoms with Crippen molar-refractivity contribution in [3.05, 3.63) is 71.3 Å². The Morgan fingerprint density at radius 1 is 0.892 bits per heavy atom. The Balaban J connectivity index is 1.03. The Kier molecular flexibility index (Phi) is 4.56. The molecule has 1 saturated heterocycles. The van der Waals surface area contributed by atoms with Crippen LogP contribution in [0.25, 0.3) is 11.1 Å². The van der Waals surface area contributed by atoms with Crippen molar-refractivity contribution in [3.63, 3.8) is 0 Å². The molecule has 0 aromatic heterocycles. The van der Waals surface area contributed by atoms with Gasteiger partial charge in [0.1, 0.15) is 6.61 Å². The Morgan fingerprint density at radius 3 is 2.16 bits per heavy atom. The third-order valence-corrected chi connectivity index (χ3v) is 11.2. The smallest absolute Gasteiger partial charge is 0.410 e. The number of rotatable bonds is 3. The summed E-state index contributed by atoms with van der Waals surface area (Å²) in [5.74, 6) is 1.03. The van der Waals surface area contributed by atoms with E-state index in [9.17, 15) is 4.79 Å². The third-order valence-electron chi connectivity index (χ3n) is 11.2. The summed E-state index contributed by atoms with van der Waals surface area (Å²) >= 11 is 0. The number of benzene rings is 2. The van der Waals surface area contributed by atoms with Gasteiger partial charge in [-0.05, 0) is 102 Å². The molecule has 9 rings (SSSR count). The first-order chi connectivity index (χ1) is 17.8. The molecule has 192 valence electrons. The van der Waals surface area contributed by atoms with E-state index < -0.39 is 0 Å². The minimum atomic E-state index is -0.103. The fourth-order valence-corrected chi connectivity index (χ4v) is 11.0. The van der Waals surface area contributed by atoms with Gasteiger partial charge in [-0.25, -0.2) is 4.79 Å². The van der Waals surface area contributed by atoms with Crippen LogP contribution in [-0.2, 0) is 4.74 Å². The fraction of sp³-hybridized carbons (Fsp3) is 0.559. The molecule has 2 aliphatic heterocycles. The molecule has 0 radical (unpaired) electrons. The normalized spacial score (nSPS) is 38.9. The van der Waals surface area contributed by atoms with Gasteiger partial charge in [-0.3, -0.25) is 4.90 Å². The monoisotopic (exact) mass is 493 g/mol. The maximum Gasteiger partial charge on any atom is 0.410 e. The molecule has 4 atom stereocenters. The maximum atomic E-state index is 13.6. The highest BCUT2D eigenvalue weighted by Crippen LogP contribution is 2.72. The van der Waals surface area contributed by atoms with Crippen LogP contribution in [0.3, 0.4) is 0 Å². The van der Waals surface area contributed by atoms with E-state index in [1.54, 1.807) is 5.57 Å². The predicted molar refractivity (Wildman–Crippen MR) is 146 cm³/mol. The number of carbonyl (C=O) groups excluding carboxylic acids is 1. The van der Waals surface area contributed by atoms with E-state index in [4.69, 9.17) is 4.74 Å². The fourth-order valence-electron chi connectivity index (χ4n) is 11.0. The summed E-state index contributed by atoms with van der Waals surface area (Å²) in [5, 5.41) is 0. The zero-order valence-electron chi connectivity index (χ0n) is 22.3. The molecular weight excluding hydrogens is 454 g/mol. The summed E-state index contributed by atoms with van der Waals surface area (Å²) in [4.78, 5) is 15.7. The van der Waals surface area contributed by atoms with E-state index in [0.29, 0.717) is 28.9 Å². The molecule has 3 nitrogen and oxygen atoms in total. The quantitative estimate of drug-likeness (QED) is 0.404. The minimum Gasteiger partial charge on any atom is -0.448 e. The standard InChI is InChI=1S/C34H39NO2/c1-32-15-22-16-33(2,19-32)21-34(17-22,20-32)23-13-24-11-12-25(14-23)35(24)31(36)37-18-30-28-9-5-3-7-26(28)27-8-4-6-10-29(27)30/h3-10,13,22,24-25,30H,11-12,14-21H2,1-2H3. The van der Waals surface area contributed by atoms with Crippen molar-refractivity contribution in [1.29, 1.82) is 0 Å². The average molecular weight is 494 g/mol. The van der Waals surface area contributed by atoms with Crippen molar-refractivity contribution in [3.8, 4) is 11.1 Å². The van der Waals surface area contributed by atoms with Gasteiger partial charge in [0.2, 0.25) is 0 Å². The molecule has 3 heteroatoms. The third kappa shape index (κ3) is 3.28. The predicted octanol–water partition coefficient (Wildman–Crippen LogP) is 8.10. The second-order valence-electron chi connectivity index (χ2n) is 14.3. The summed E-state index contributed by atoms with van der Waals surface area (Å²) < 4.78 is 6.13. The second-order valence-corrected chi connectivity index (χ2v) is 14.3. The first-order valence-corrected chi connectivity index (χ1v) is 14.7. The summed E-state index contributed by atoms with van der Waals surface area (Å²) in [6.45, 7) is 5.57. The van der Waals surface area contributed by atoms with Crippen molar-refractivity contribution >= 4 is 6.09 Å². The molecule has 37 heavy (non-hydrogen) atoms. The lowest BCUT2D eigenvalue weighted by Gasteiger charge is -2.66. The SMILES string of the molecule is CC12CC3CC(C)(C1)CC(C1=CC4CCC(C1)N4C(=O)OCC1c4ccccc4-c4ccccc41)(C3)C2. The van der Waals surface area contributed by atoms with Gasteiger partial charge >= 0.3 is 6.09 Å². The number of carbonyl (C=O) groups is 1. The van der Waals surface area contributed by atoms with Crippen LogP contribution in [0.5, 0.6) is 0 Å². The van der Waals surface area contributed by atoms with Crippen molar-refractivity contribution in [2.45, 2.75) is 89.6 Å². The number of hydrogen-bond donors (Lipinski definition) is 0. The highest BCUT2D eigenvalue weighted by molar-refractivity contribution is 5.79. The first kappa shape index (κ1) is 22.4. The van der Waals surface area contributed by atoms with E-state index in [1.165, 1.54) is 60.8 Å². The lowest BCUT2D eigenvalue weighted by molar-refractivity contribution is -0.131. The molecule has 1 amide bonds. The molecule has 6 bridgehead atoms. The van der Waals surface area contributed by atoms with Gasteiger partial charge in [0.15, 0.2) is 0 Å². The Hall–Kier alpha value is -2.55. The van der Waals surface area contributed by atoms with Crippen LogP contribution in [0.4, 0.5) is 4.79 Å². The first-order valence-electron chi connectivity index (χ1n) is 14.7. The number of nitrogens with zero attached hydrogens (tertiary/aromatic N) is 1. The summed E-state index contributed by atoms with van der Waals surface area (Å²) in [6.07, 6.45) is 14.2. The molecule has 0 N–H and O–H groups in total. The van der Waals surface area contributed by atoms with E-state index >= 15 is 0 Å². The second kappa shape index (κ2) is 7.52. The van der Waals surface area contributed by atoms with Crippen LogP contribution in [0, 0.1) is 22.2 Å². The van der Waals surface area contributed by atoms with Crippen LogP contribution >= 0.6 is 0 Å². The van der Waals surface area contributed by atoms with Crippen LogP contribution in [-0.4, -0.2) is 29.7 Å². The van der Waals surface area contributed by atoms with Gasteiger partial charge in [-0.1, -0.05) is 74.0 Å². The van der Waals surface area contributed by atoms with Crippen LogP contribution < -0.4 is 0 Å². The number of amides is 1. The number of ether oxygens (including phenoxy) is 1. The average Bonchev–Trinajstić information content (AvgIpc) is 3.31. The van der Waals surface area contributed by atoms with Crippen molar-refractivity contribution in [1.82, 2.24) is 4.90 Å². The van der Waals surface area contributed by atoms with Crippen LogP contribution in [0.15, 0.2) is 60.2 Å². The molecular formula is C34H39NO2. The number of hydrogen-bond acceptors (Lipinski definition) is 2. The Labute approximate surface area is 221 Å². The summed E-state index contributed by atoms with van der Waals surface area (Å²) in [7, 11) is 0. The van der Waals surface area contributed by atoms with Gasteiger partial charge < -0.3 is 4.74 Å². The molecule has 5 fully saturated rings. The van der Waals surface area contributed by atoms with E-state index in [0.717, 1.165) is 25.2 Å². The largest absolute Gasteiger partial charge is 0.448 e. The molecule has 4 unspecified atom stereocenters. The lowest BCUT2D eigenvalue weighted by Crippen LogP contribution is -2.56. The summed E-state index contributed by atoms with van der Waals surface area (Å²) in [6, 6.07) is 17.7. The molecule has 2 aromatic rings. The molecule has 7 aliphatic rings. The van der Waals surface area contributed by atoms with Crippen molar-refractivity contribution in [2.75, 3.05) is 6.61 Å². The molecule has 0 spiro atoms. The van der Waals surface area contributed by atoms with E-state index in [-0.39, 0.29) is 18.1 Å². The van der Waals surface area contributed by atoms with Crippen LogP contribution in [0.1, 0.15) is 88.7 Å². The number of fused-ring (bicyclic) bond motifs is 5. The van der Waals surface area contributed by atoms with Gasteiger partial charge in [-0.15, -0.1) is 0 Å². The van der Waals surface area contributed by atoms with E-state index in [2.05, 4.69) is 73.4 Å². The van der Waals surface area contributed by atoms with Crippen molar-refractivity contribution in [2.24, 2.45) is 22.2 Å². The molecule has 5 aliphatic carbocycles. The Bertz CT molecular complexity index is 1260. The highest BCUT2D eigenvalue weighted by Gasteiger charge is 2.61. The van der Waals surface area contributed by atoms with Gasteiger partial charge in [0.05, 0.1) is 6.04 Å². The topological polar surface area (TPSA) is 29.5 Å². The van der Waals surface area contributed by atoms with Crippen molar-refractivity contribution < 1.29 is 9.53 Å². The van der Waals surface area contributed by atoms with Gasteiger partial charge in [0, 0.05) is 12.0 Å². The minimum absolute atomic E-state index is 0.103. The lowest BCUT2D eigenvalue weighted by atomic mass is 9.39. The van der Waals surface area contributed by atoms with Gasteiger partial charge in [-0.2, -0.15) is 0 Å². The molecule has 2 aromatic carbocycles. The zero-order valence-corrected chi connectivity index (χ0v) is 22.3. The Morgan fingerprint density at radius 2 is 1.54 bits per heavy atom. The highest BCUT2D eigenvalue weighted by atomic mass is 16.6. The van der Waals surface area contributed by atoms with E-state index in [1.807, 2.05) is 0 Å². The molecule has 2 heterocycles.